The van der Waals surface area contributed by atoms with Gasteiger partial charge < -0.3 is 14.4 Å². The standard InChI is InChI=1S/C20H23N3O3/c24-19(18-5-1-2-9-22-18)23-10-6-20(7-11-23)12-17(26-15-20)14-25-16-4-3-8-21-13-16/h1-5,8-9,13,17H,6-7,10-12,14-15H2/t17-/m1/s1. The Balaban J connectivity index is 1.28. The summed E-state index contributed by atoms with van der Waals surface area (Å²) in [5.41, 5.74) is 0.693. The minimum atomic E-state index is 0.0239. The number of likely N-dealkylation sites (tertiary alicyclic amines) is 1. The van der Waals surface area contributed by atoms with Gasteiger partial charge in [0.25, 0.3) is 5.91 Å². The van der Waals surface area contributed by atoms with Gasteiger partial charge in [-0.1, -0.05) is 6.07 Å². The zero-order chi connectivity index (χ0) is 17.8. The first-order chi connectivity index (χ1) is 12.7. The molecule has 0 aliphatic carbocycles. The summed E-state index contributed by atoms with van der Waals surface area (Å²) < 4.78 is 11.8. The molecule has 4 heterocycles. The van der Waals surface area contributed by atoms with Crippen LogP contribution >= 0.6 is 0 Å². The molecule has 2 aliphatic rings. The zero-order valence-electron chi connectivity index (χ0n) is 14.7. The van der Waals surface area contributed by atoms with Gasteiger partial charge in [-0.15, -0.1) is 0 Å². The Kier molecular flexibility index (Phi) is 4.84. The second-order valence-electron chi connectivity index (χ2n) is 7.14. The maximum absolute atomic E-state index is 12.5. The first-order valence-electron chi connectivity index (χ1n) is 9.09. The van der Waals surface area contributed by atoms with Crippen LogP contribution in [0.1, 0.15) is 29.8 Å². The molecule has 26 heavy (non-hydrogen) atoms. The van der Waals surface area contributed by atoms with E-state index in [1.54, 1.807) is 24.7 Å². The highest BCUT2D eigenvalue weighted by Crippen LogP contribution is 2.42. The number of hydrogen-bond donors (Lipinski definition) is 0. The molecule has 1 amide bonds. The molecule has 2 aromatic heterocycles. The van der Waals surface area contributed by atoms with Crippen molar-refractivity contribution in [2.45, 2.75) is 25.4 Å². The smallest absolute Gasteiger partial charge is 0.272 e. The Hall–Kier alpha value is -2.47. The summed E-state index contributed by atoms with van der Waals surface area (Å²) in [6.45, 7) is 2.81. The molecule has 0 radical (unpaired) electrons. The summed E-state index contributed by atoms with van der Waals surface area (Å²) in [4.78, 5) is 22.7. The molecule has 0 saturated carbocycles. The van der Waals surface area contributed by atoms with Crippen LogP contribution in [-0.4, -0.2) is 53.2 Å². The summed E-state index contributed by atoms with van der Waals surface area (Å²) in [5.74, 6) is 0.795. The second kappa shape index (κ2) is 7.41. The van der Waals surface area contributed by atoms with Gasteiger partial charge in [0.15, 0.2) is 0 Å². The van der Waals surface area contributed by atoms with Gasteiger partial charge in [-0.05, 0) is 48.9 Å². The molecule has 0 bridgehead atoms. The Labute approximate surface area is 153 Å². The number of ether oxygens (including phenoxy) is 2. The fourth-order valence-corrected chi connectivity index (χ4v) is 3.81. The number of pyridine rings is 2. The van der Waals surface area contributed by atoms with Gasteiger partial charge >= 0.3 is 0 Å². The Morgan fingerprint density at radius 3 is 2.85 bits per heavy atom. The first kappa shape index (κ1) is 17.0. The van der Waals surface area contributed by atoms with Gasteiger partial charge in [0.2, 0.25) is 0 Å². The average Bonchev–Trinajstić information content (AvgIpc) is 3.10. The molecule has 4 rings (SSSR count). The Morgan fingerprint density at radius 1 is 1.23 bits per heavy atom. The molecule has 1 atom stereocenters. The summed E-state index contributed by atoms with van der Waals surface area (Å²) >= 11 is 0. The summed E-state index contributed by atoms with van der Waals surface area (Å²) in [7, 11) is 0. The van der Waals surface area contributed by atoms with Gasteiger partial charge in [0.1, 0.15) is 18.1 Å². The van der Waals surface area contributed by atoms with Crippen LogP contribution in [0.5, 0.6) is 5.75 Å². The SMILES string of the molecule is O=C(c1ccccn1)N1CCC2(CC1)CO[C@@H](COc1cccnc1)C2. The van der Waals surface area contributed by atoms with E-state index in [1.807, 2.05) is 29.2 Å². The molecule has 6 nitrogen and oxygen atoms in total. The van der Waals surface area contributed by atoms with E-state index in [0.29, 0.717) is 12.3 Å². The van der Waals surface area contributed by atoms with Crippen molar-refractivity contribution in [3.05, 3.63) is 54.6 Å². The number of hydrogen-bond acceptors (Lipinski definition) is 5. The van der Waals surface area contributed by atoms with Crippen molar-refractivity contribution in [2.75, 3.05) is 26.3 Å². The van der Waals surface area contributed by atoms with Gasteiger partial charge in [-0.25, -0.2) is 0 Å². The number of nitrogens with zero attached hydrogens (tertiary/aromatic N) is 3. The number of aromatic nitrogens is 2. The lowest BCUT2D eigenvalue weighted by molar-refractivity contribution is 0.0425. The van der Waals surface area contributed by atoms with Crippen molar-refractivity contribution in [1.29, 1.82) is 0 Å². The number of carbonyl (C=O) groups excluding carboxylic acids is 1. The summed E-state index contributed by atoms with van der Waals surface area (Å²) in [5, 5.41) is 0. The second-order valence-corrected chi connectivity index (χ2v) is 7.14. The maximum atomic E-state index is 12.5. The van der Waals surface area contributed by atoms with Crippen LogP contribution in [-0.2, 0) is 4.74 Å². The predicted octanol–water partition coefficient (Wildman–Crippen LogP) is 2.57. The van der Waals surface area contributed by atoms with Crippen molar-refractivity contribution in [1.82, 2.24) is 14.9 Å². The van der Waals surface area contributed by atoms with E-state index in [2.05, 4.69) is 9.97 Å². The number of carbonyl (C=O) groups is 1. The number of amides is 1. The zero-order valence-corrected chi connectivity index (χ0v) is 14.7. The number of piperidine rings is 1. The third-order valence-corrected chi connectivity index (χ3v) is 5.35. The van der Waals surface area contributed by atoms with Gasteiger partial charge in [-0.2, -0.15) is 0 Å². The molecule has 1 spiro atoms. The Morgan fingerprint density at radius 2 is 2.12 bits per heavy atom. The maximum Gasteiger partial charge on any atom is 0.272 e. The van der Waals surface area contributed by atoms with Crippen molar-refractivity contribution >= 4 is 5.91 Å². The van der Waals surface area contributed by atoms with Crippen LogP contribution in [0, 0.1) is 5.41 Å². The van der Waals surface area contributed by atoms with Crippen LogP contribution in [0.15, 0.2) is 48.9 Å². The summed E-state index contributed by atoms with van der Waals surface area (Å²) in [6.07, 6.45) is 8.13. The molecule has 2 saturated heterocycles. The molecular formula is C20H23N3O3. The minimum Gasteiger partial charge on any atom is -0.489 e. The average molecular weight is 353 g/mol. The third kappa shape index (κ3) is 3.70. The van der Waals surface area contributed by atoms with E-state index in [0.717, 1.165) is 44.7 Å². The first-order valence-corrected chi connectivity index (χ1v) is 9.09. The Bertz CT molecular complexity index is 730. The van der Waals surface area contributed by atoms with Crippen LogP contribution in [0.4, 0.5) is 0 Å². The minimum absolute atomic E-state index is 0.0239. The molecule has 2 aromatic rings. The molecular weight excluding hydrogens is 330 g/mol. The van der Waals surface area contributed by atoms with E-state index in [4.69, 9.17) is 9.47 Å². The molecule has 0 unspecified atom stereocenters. The van der Waals surface area contributed by atoms with Crippen LogP contribution in [0.2, 0.25) is 0 Å². The molecule has 0 N–H and O–H groups in total. The van der Waals surface area contributed by atoms with Crippen molar-refractivity contribution in [3.8, 4) is 5.75 Å². The van der Waals surface area contributed by atoms with E-state index in [-0.39, 0.29) is 17.4 Å². The van der Waals surface area contributed by atoms with Crippen molar-refractivity contribution < 1.29 is 14.3 Å². The van der Waals surface area contributed by atoms with Crippen molar-refractivity contribution in [2.24, 2.45) is 5.41 Å². The normalized spacial score (nSPS) is 21.7. The van der Waals surface area contributed by atoms with Gasteiger partial charge in [-0.3, -0.25) is 14.8 Å². The fourth-order valence-electron chi connectivity index (χ4n) is 3.81. The van der Waals surface area contributed by atoms with Crippen LogP contribution < -0.4 is 4.74 Å². The predicted molar refractivity (Wildman–Crippen MR) is 95.9 cm³/mol. The topological polar surface area (TPSA) is 64.6 Å². The van der Waals surface area contributed by atoms with Gasteiger partial charge in [0, 0.05) is 25.5 Å². The van der Waals surface area contributed by atoms with Crippen LogP contribution in [0.25, 0.3) is 0 Å². The van der Waals surface area contributed by atoms with Crippen molar-refractivity contribution in [3.63, 3.8) is 0 Å². The molecule has 2 aliphatic heterocycles. The molecule has 6 heteroatoms. The number of rotatable bonds is 4. The molecule has 2 fully saturated rings. The molecule has 0 aromatic carbocycles. The van der Waals surface area contributed by atoms with E-state index in [1.165, 1.54) is 0 Å². The molecule has 136 valence electrons. The monoisotopic (exact) mass is 353 g/mol. The van der Waals surface area contributed by atoms with Gasteiger partial charge in [0.05, 0.1) is 18.9 Å². The van der Waals surface area contributed by atoms with E-state index < -0.39 is 0 Å². The lowest BCUT2D eigenvalue weighted by atomic mass is 9.76. The third-order valence-electron chi connectivity index (χ3n) is 5.35. The summed E-state index contributed by atoms with van der Waals surface area (Å²) in [6, 6.07) is 9.21. The van der Waals surface area contributed by atoms with Crippen LogP contribution in [0.3, 0.4) is 0 Å². The fraction of sp³-hybridized carbons (Fsp3) is 0.450. The highest BCUT2D eigenvalue weighted by atomic mass is 16.5. The quantitative estimate of drug-likeness (QED) is 0.845. The van der Waals surface area contributed by atoms with E-state index in [9.17, 15) is 4.79 Å². The highest BCUT2D eigenvalue weighted by Gasteiger charge is 2.43. The lowest BCUT2D eigenvalue weighted by Crippen LogP contribution is -2.43. The highest BCUT2D eigenvalue weighted by molar-refractivity contribution is 5.92. The lowest BCUT2D eigenvalue weighted by Gasteiger charge is -2.38. The van der Waals surface area contributed by atoms with E-state index >= 15 is 0 Å². The largest absolute Gasteiger partial charge is 0.489 e.